The van der Waals surface area contributed by atoms with Gasteiger partial charge in [-0.3, -0.25) is 9.69 Å². The highest BCUT2D eigenvalue weighted by Crippen LogP contribution is 2.28. The smallest absolute Gasteiger partial charge is 0.234 e. The van der Waals surface area contributed by atoms with Gasteiger partial charge in [0.2, 0.25) is 5.91 Å². The van der Waals surface area contributed by atoms with Crippen LogP contribution in [-0.4, -0.2) is 36.5 Å². The van der Waals surface area contributed by atoms with Gasteiger partial charge in [-0.05, 0) is 43.4 Å². The molecule has 0 aliphatic heterocycles. The maximum atomic E-state index is 12.2. The first kappa shape index (κ1) is 16.8. The molecule has 0 heterocycles. The van der Waals surface area contributed by atoms with Crippen molar-refractivity contribution in [3.8, 4) is 5.75 Å². The van der Waals surface area contributed by atoms with Gasteiger partial charge in [-0.2, -0.15) is 0 Å². The molecule has 4 heteroatoms. The number of rotatable bonds is 8. The Balaban J connectivity index is 1.90. The molecule has 1 atom stereocenters. The molecule has 0 aromatic heterocycles. The van der Waals surface area contributed by atoms with Crippen molar-refractivity contribution in [1.29, 1.82) is 0 Å². The summed E-state index contributed by atoms with van der Waals surface area (Å²) in [7, 11) is 1.67. The zero-order valence-electron chi connectivity index (χ0n) is 14.1. The summed E-state index contributed by atoms with van der Waals surface area (Å²) < 4.78 is 5.19. The first-order valence-corrected chi connectivity index (χ1v) is 8.16. The molecule has 1 fully saturated rings. The van der Waals surface area contributed by atoms with E-state index in [-0.39, 0.29) is 11.9 Å². The average Bonchev–Trinajstić information content (AvgIpc) is 3.31. The maximum absolute atomic E-state index is 12.2. The summed E-state index contributed by atoms with van der Waals surface area (Å²) in [5.74, 6) is 1.45. The van der Waals surface area contributed by atoms with Crippen LogP contribution in [0.3, 0.4) is 0 Å². The van der Waals surface area contributed by atoms with E-state index < -0.39 is 0 Å². The average molecular weight is 304 g/mol. The minimum atomic E-state index is 0.126. The SMILES string of the molecule is COc1ccc(CN(CC(=O)NC(C)C(C)C)C2CC2)cc1. The molecular weight excluding hydrogens is 276 g/mol. The second-order valence-corrected chi connectivity index (χ2v) is 6.58. The zero-order valence-corrected chi connectivity index (χ0v) is 14.1. The molecule has 1 aliphatic carbocycles. The van der Waals surface area contributed by atoms with E-state index in [4.69, 9.17) is 4.74 Å². The van der Waals surface area contributed by atoms with Crippen molar-refractivity contribution in [2.45, 2.75) is 52.2 Å². The van der Waals surface area contributed by atoms with Crippen LogP contribution in [0.1, 0.15) is 39.2 Å². The standard InChI is InChI=1S/C18H28N2O2/c1-13(2)14(3)19-18(21)12-20(16-7-8-16)11-15-5-9-17(22-4)10-6-15/h5-6,9-10,13-14,16H,7-8,11-12H2,1-4H3,(H,19,21). The Morgan fingerprint density at radius 1 is 1.27 bits per heavy atom. The van der Waals surface area contributed by atoms with Crippen molar-refractivity contribution in [3.05, 3.63) is 29.8 Å². The molecule has 0 saturated heterocycles. The number of amides is 1. The number of methoxy groups -OCH3 is 1. The summed E-state index contributed by atoms with van der Waals surface area (Å²) >= 11 is 0. The van der Waals surface area contributed by atoms with Crippen molar-refractivity contribution < 1.29 is 9.53 Å². The van der Waals surface area contributed by atoms with Crippen LogP contribution in [0.5, 0.6) is 5.75 Å². The molecule has 1 unspecified atom stereocenters. The van der Waals surface area contributed by atoms with Crippen molar-refractivity contribution in [3.63, 3.8) is 0 Å². The highest BCUT2D eigenvalue weighted by Gasteiger charge is 2.30. The fraction of sp³-hybridized carbons (Fsp3) is 0.611. The summed E-state index contributed by atoms with van der Waals surface area (Å²) in [6, 6.07) is 8.87. The van der Waals surface area contributed by atoms with Gasteiger partial charge in [0, 0.05) is 18.6 Å². The van der Waals surface area contributed by atoms with Gasteiger partial charge in [-0.1, -0.05) is 26.0 Å². The largest absolute Gasteiger partial charge is 0.497 e. The van der Waals surface area contributed by atoms with Crippen molar-refractivity contribution in [1.82, 2.24) is 10.2 Å². The number of hydrogen-bond acceptors (Lipinski definition) is 3. The van der Waals surface area contributed by atoms with E-state index in [1.54, 1.807) is 7.11 Å². The Bertz CT molecular complexity index is 480. The molecular formula is C18H28N2O2. The zero-order chi connectivity index (χ0) is 16.1. The normalized spacial score (nSPS) is 15.9. The molecule has 122 valence electrons. The third-order valence-electron chi connectivity index (χ3n) is 4.34. The van der Waals surface area contributed by atoms with Gasteiger partial charge >= 0.3 is 0 Å². The predicted octanol–water partition coefficient (Wildman–Crippen LogP) is 2.82. The van der Waals surface area contributed by atoms with Crippen LogP contribution in [0, 0.1) is 5.92 Å². The number of nitrogens with zero attached hydrogens (tertiary/aromatic N) is 1. The van der Waals surface area contributed by atoms with E-state index in [2.05, 4.69) is 43.1 Å². The summed E-state index contributed by atoms with van der Waals surface area (Å²) in [6.45, 7) is 7.61. The molecule has 1 N–H and O–H groups in total. The van der Waals surface area contributed by atoms with Crippen LogP contribution in [0.15, 0.2) is 24.3 Å². The van der Waals surface area contributed by atoms with Gasteiger partial charge < -0.3 is 10.1 Å². The Morgan fingerprint density at radius 3 is 2.41 bits per heavy atom. The molecule has 2 rings (SSSR count). The molecule has 0 spiro atoms. The van der Waals surface area contributed by atoms with Crippen LogP contribution < -0.4 is 10.1 Å². The highest BCUT2D eigenvalue weighted by molar-refractivity contribution is 5.78. The van der Waals surface area contributed by atoms with Crippen LogP contribution in [0.25, 0.3) is 0 Å². The van der Waals surface area contributed by atoms with Gasteiger partial charge in [-0.15, -0.1) is 0 Å². The van der Waals surface area contributed by atoms with Gasteiger partial charge in [0.25, 0.3) is 0 Å². The van der Waals surface area contributed by atoms with Crippen LogP contribution >= 0.6 is 0 Å². The van der Waals surface area contributed by atoms with Gasteiger partial charge in [0.15, 0.2) is 0 Å². The van der Waals surface area contributed by atoms with Gasteiger partial charge in [-0.25, -0.2) is 0 Å². The van der Waals surface area contributed by atoms with E-state index >= 15 is 0 Å². The number of benzene rings is 1. The molecule has 22 heavy (non-hydrogen) atoms. The Kier molecular flexibility index (Phi) is 5.83. The van der Waals surface area contributed by atoms with E-state index in [0.29, 0.717) is 18.5 Å². The minimum absolute atomic E-state index is 0.126. The lowest BCUT2D eigenvalue weighted by Crippen LogP contribution is -2.43. The van der Waals surface area contributed by atoms with Crippen molar-refractivity contribution >= 4 is 5.91 Å². The van der Waals surface area contributed by atoms with Crippen LogP contribution in [0.2, 0.25) is 0 Å². The highest BCUT2D eigenvalue weighted by atomic mass is 16.5. The molecule has 1 saturated carbocycles. The fourth-order valence-electron chi connectivity index (χ4n) is 2.37. The number of nitrogens with one attached hydrogen (secondary N) is 1. The number of ether oxygens (including phenoxy) is 1. The molecule has 1 aliphatic rings. The molecule has 1 aromatic carbocycles. The monoisotopic (exact) mass is 304 g/mol. The third kappa shape index (κ3) is 5.02. The summed E-state index contributed by atoms with van der Waals surface area (Å²) in [5.41, 5.74) is 1.22. The Morgan fingerprint density at radius 2 is 1.91 bits per heavy atom. The first-order chi connectivity index (χ1) is 10.5. The lowest BCUT2D eigenvalue weighted by molar-refractivity contribution is -0.123. The van der Waals surface area contributed by atoms with E-state index in [9.17, 15) is 4.79 Å². The first-order valence-electron chi connectivity index (χ1n) is 8.16. The number of carbonyl (C=O) groups is 1. The van der Waals surface area contributed by atoms with Crippen LogP contribution in [-0.2, 0) is 11.3 Å². The topological polar surface area (TPSA) is 41.6 Å². The number of hydrogen-bond donors (Lipinski definition) is 1. The van der Waals surface area contributed by atoms with Gasteiger partial charge in [0.05, 0.1) is 13.7 Å². The second kappa shape index (κ2) is 7.63. The fourth-order valence-corrected chi connectivity index (χ4v) is 2.37. The minimum Gasteiger partial charge on any atom is -0.497 e. The molecule has 1 aromatic rings. The van der Waals surface area contributed by atoms with E-state index in [1.807, 2.05) is 12.1 Å². The second-order valence-electron chi connectivity index (χ2n) is 6.58. The third-order valence-corrected chi connectivity index (χ3v) is 4.34. The van der Waals surface area contributed by atoms with Crippen molar-refractivity contribution in [2.24, 2.45) is 5.92 Å². The van der Waals surface area contributed by atoms with E-state index in [1.165, 1.54) is 18.4 Å². The summed E-state index contributed by atoms with van der Waals surface area (Å²) in [6.07, 6.45) is 2.40. The van der Waals surface area contributed by atoms with Gasteiger partial charge in [0.1, 0.15) is 5.75 Å². The predicted molar refractivity (Wildman–Crippen MR) is 88.9 cm³/mol. The Hall–Kier alpha value is -1.55. The Labute approximate surface area is 133 Å². The molecule has 0 bridgehead atoms. The lowest BCUT2D eigenvalue weighted by Gasteiger charge is -2.24. The van der Waals surface area contributed by atoms with E-state index in [0.717, 1.165) is 12.3 Å². The lowest BCUT2D eigenvalue weighted by atomic mass is 10.1. The number of carbonyl (C=O) groups excluding carboxylic acids is 1. The molecule has 0 radical (unpaired) electrons. The maximum Gasteiger partial charge on any atom is 0.234 e. The quantitative estimate of drug-likeness (QED) is 0.803. The molecule has 1 amide bonds. The van der Waals surface area contributed by atoms with Crippen LogP contribution in [0.4, 0.5) is 0 Å². The summed E-state index contributed by atoms with van der Waals surface area (Å²) in [4.78, 5) is 14.5. The summed E-state index contributed by atoms with van der Waals surface area (Å²) in [5, 5.41) is 3.10. The van der Waals surface area contributed by atoms with Crippen molar-refractivity contribution in [2.75, 3.05) is 13.7 Å². The molecule has 4 nitrogen and oxygen atoms in total.